The average molecular weight is 420 g/mol. The van der Waals surface area contributed by atoms with E-state index >= 15 is 0 Å². The number of carboxylic acids is 1. The fourth-order valence-corrected chi connectivity index (χ4v) is 3.61. The molecule has 31 heavy (non-hydrogen) atoms. The Morgan fingerprint density at radius 1 is 1.06 bits per heavy atom. The number of hydrogen-bond donors (Lipinski definition) is 2. The Bertz CT molecular complexity index is 1020. The van der Waals surface area contributed by atoms with Crippen molar-refractivity contribution in [1.82, 2.24) is 10.2 Å². The maximum absolute atomic E-state index is 12.5. The van der Waals surface area contributed by atoms with Gasteiger partial charge in [-0.3, -0.25) is 14.5 Å². The lowest BCUT2D eigenvalue weighted by molar-refractivity contribution is -0.140. The Balaban J connectivity index is 1.29. The fraction of sp³-hybridized carbons (Fsp3) is 0.250. The fourth-order valence-electron chi connectivity index (χ4n) is 3.61. The summed E-state index contributed by atoms with van der Waals surface area (Å²) in [6, 6.07) is 18.6. The monoisotopic (exact) mass is 420 g/mol. The lowest BCUT2D eigenvalue weighted by Gasteiger charge is -2.37. The molecular formula is C24H24N2O5. The van der Waals surface area contributed by atoms with E-state index in [4.69, 9.17) is 14.3 Å². The largest absolute Gasteiger partial charge is 0.493 e. The number of hydrogen-bond acceptors (Lipinski definition) is 5. The molecule has 1 aliphatic heterocycles. The van der Waals surface area contributed by atoms with Gasteiger partial charge in [-0.25, -0.2) is 0 Å². The van der Waals surface area contributed by atoms with Crippen molar-refractivity contribution in [2.24, 2.45) is 5.92 Å². The molecule has 1 aliphatic rings. The zero-order valence-electron chi connectivity index (χ0n) is 17.0. The van der Waals surface area contributed by atoms with Crippen LogP contribution in [0, 0.1) is 5.92 Å². The van der Waals surface area contributed by atoms with E-state index in [1.54, 1.807) is 18.4 Å². The van der Waals surface area contributed by atoms with Crippen molar-refractivity contribution in [3.05, 3.63) is 78.1 Å². The molecule has 4 rings (SSSR count). The first-order chi connectivity index (χ1) is 15.1. The van der Waals surface area contributed by atoms with Crippen LogP contribution in [0.2, 0.25) is 0 Å². The van der Waals surface area contributed by atoms with Crippen molar-refractivity contribution in [3.8, 4) is 17.1 Å². The van der Waals surface area contributed by atoms with Gasteiger partial charge in [0.15, 0.2) is 0 Å². The maximum Gasteiger partial charge on any atom is 0.317 e. The number of carboxylic acid groups (broad SMARTS) is 1. The molecule has 0 unspecified atom stereocenters. The molecule has 7 nitrogen and oxygen atoms in total. The number of carbonyl (C=O) groups excluding carboxylic acids is 1. The van der Waals surface area contributed by atoms with Crippen molar-refractivity contribution in [3.63, 3.8) is 0 Å². The summed E-state index contributed by atoms with van der Waals surface area (Å²) in [5, 5.41) is 11.7. The Kier molecular flexibility index (Phi) is 6.33. The number of benzene rings is 2. The van der Waals surface area contributed by atoms with Gasteiger partial charge in [0.1, 0.15) is 11.5 Å². The summed E-state index contributed by atoms with van der Waals surface area (Å²) in [5.74, 6) is 0.832. The van der Waals surface area contributed by atoms with Crippen LogP contribution in [0.15, 0.2) is 71.3 Å². The number of nitrogens with zero attached hydrogens (tertiary/aromatic N) is 1. The first-order valence-electron chi connectivity index (χ1n) is 10.2. The van der Waals surface area contributed by atoms with E-state index < -0.39 is 5.97 Å². The minimum absolute atomic E-state index is 0.0710. The molecule has 1 aromatic heterocycles. The Morgan fingerprint density at radius 3 is 2.55 bits per heavy atom. The van der Waals surface area contributed by atoms with Crippen molar-refractivity contribution in [2.45, 2.75) is 6.54 Å². The molecule has 160 valence electrons. The van der Waals surface area contributed by atoms with Gasteiger partial charge in [0.05, 0.1) is 19.4 Å². The Labute approximate surface area is 180 Å². The number of likely N-dealkylation sites (tertiary alicyclic amines) is 1. The number of amides is 1. The summed E-state index contributed by atoms with van der Waals surface area (Å²) < 4.78 is 11.3. The number of ether oxygens (including phenoxy) is 1. The van der Waals surface area contributed by atoms with E-state index in [-0.39, 0.29) is 12.5 Å². The van der Waals surface area contributed by atoms with Crippen LogP contribution in [0.4, 0.5) is 0 Å². The van der Waals surface area contributed by atoms with E-state index in [1.807, 2.05) is 53.4 Å². The highest BCUT2D eigenvalue weighted by Gasteiger charge is 2.28. The van der Waals surface area contributed by atoms with Crippen LogP contribution >= 0.6 is 0 Å². The molecule has 1 fully saturated rings. The van der Waals surface area contributed by atoms with Crippen molar-refractivity contribution in [2.75, 3.05) is 26.2 Å². The van der Waals surface area contributed by atoms with Gasteiger partial charge in [-0.05, 0) is 30.3 Å². The SMILES string of the molecule is O=C(O)CN1CC(COc2ccccc2CNC(=O)c2ccc(-c3ccco3)cc2)C1. The van der Waals surface area contributed by atoms with Crippen molar-refractivity contribution in [1.29, 1.82) is 0 Å². The molecule has 3 aromatic rings. The summed E-state index contributed by atoms with van der Waals surface area (Å²) in [5.41, 5.74) is 2.38. The van der Waals surface area contributed by atoms with Gasteiger partial charge in [-0.15, -0.1) is 0 Å². The number of furan rings is 1. The van der Waals surface area contributed by atoms with E-state index in [0.29, 0.717) is 24.6 Å². The van der Waals surface area contributed by atoms with Crippen LogP contribution in [-0.4, -0.2) is 48.1 Å². The van der Waals surface area contributed by atoms with Gasteiger partial charge in [-0.2, -0.15) is 0 Å². The number of carbonyl (C=O) groups is 2. The molecular weight excluding hydrogens is 396 g/mol. The van der Waals surface area contributed by atoms with Crippen molar-refractivity contribution >= 4 is 11.9 Å². The summed E-state index contributed by atoms with van der Waals surface area (Å²) in [4.78, 5) is 25.1. The van der Waals surface area contributed by atoms with Crippen LogP contribution in [0.25, 0.3) is 11.3 Å². The minimum Gasteiger partial charge on any atom is -0.493 e. The Hall–Kier alpha value is -3.58. The third kappa shape index (κ3) is 5.32. The van der Waals surface area contributed by atoms with E-state index in [2.05, 4.69) is 5.32 Å². The number of nitrogens with one attached hydrogen (secondary N) is 1. The van der Waals surface area contributed by atoms with Crippen LogP contribution < -0.4 is 10.1 Å². The second-order valence-corrected chi connectivity index (χ2v) is 7.61. The molecule has 0 spiro atoms. The zero-order chi connectivity index (χ0) is 21.6. The number of aliphatic carboxylic acids is 1. The molecule has 0 radical (unpaired) electrons. The molecule has 2 N–H and O–H groups in total. The first-order valence-corrected chi connectivity index (χ1v) is 10.2. The maximum atomic E-state index is 12.5. The van der Waals surface area contributed by atoms with Crippen molar-refractivity contribution < 1.29 is 23.8 Å². The second kappa shape index (κ2) is 9.49. The Morgan fingerprint density at radius 2 is 1.84 bits per heavy atom. The van der Waals surface area contributed by atoms with Crippen LogP contribution in [0.1, 0.15) is 15.9 Å². The lowest BCUT2D eigenvalue weighted by atomic mass is 10.0. The lowest BCUT2D eigenvalue weighted by Crippen LogP contribution is -2.50. The molecule has 0 bridgehead atoms. The van der Waals surface area contributed by atoms with Gasteiger partial charge in [0.25, 0.3) is 5.91 Å². The van der Waals surface area contributed by atoms with Gasteiger partial charge in [0, 0.05) is 42.2 Å². The van der Waals surface area contributed by atoms with Gasteiger partial charge >= 0.3 is 5.97 Å². The predicted octanol–water partition coefficient (Wildman–Crippen LogP) is 3.27. The molecule has 2 aromatic carbocycles. The smallest absolute Gasteiger partial charge is 0.317 e. The quantitative estimate of drug-likeness (QED) is 0.552. The third-order valence-electron chi connectivity index (χ3n) is 5.23. The minimum atomic E-state index is -0.809. The summed E-state index contributed by atoms with van der Waals surface area (Å²) >= 11 is 0. The predicted molar refractivity (Wildman–Crippen MR) is 115 cm³/mol. The number of rotatable bonds is 9. The van der Waals surface area contributed by atoms with E-state index in [1.165, 1.54) is 0 Å². The van der Waals surface area contributed by atoms with E-state index in [0.717, 1.165) is 35.7 Å². The highest BCUT2D eigenvalue weighted by atomic mass is 16.5. The molecule has 1 saturated heterocycles. The third-order valence-corrected chi connectivity index (χ3v) is 5.23. The average Bonchev–Trinajstić information content (AvgIpc) is 3.29. The first kappa shape index (κ1) is 20.7. The normalized spacial score (nSPS) is 14.1. The highest BCUT2D eigenvalue weighted by Crippen LogP contribution is 2.22. The number of para-hydroxylation sites is 1. The summed E-state index contributed by atoms with van der Waals surface area (Å²) in [7, 11) is 0. The summed E-state index contributed by atoms with van der Waals surface area (Å²) in [6.07, 6.45) is 1.62. The molecule has 0 saturated carbocycles. The summed E-state index contributed by atoms with van der Waals surface area (Å²) in [6.45, 7) is 2.39. The highest BCUT2D eigenvalue weighted by molar-refractivity contribution is 5.94. The molecule has 7 heteroatoms. The van der Waals surface area contributed by atoms with E-state index in [9.17, 15) is 9.59 Å². The van der Waals surface area contributed by atoms with Gasteiger partial charge in [-0.1, -0.05) is 30.3 Å². The van der Waals surface area contributed by atoms with Crippen LogP contribution in [-0.2, 0) is 11.3 Å². The zero-order valence-corrected chi connectivity index (χ0v) is 17.0. The molecule has 2 heterocycles. The molecule has 0 atom stereocenters. The van der Waals surface area contributed by atoms with Crippen LogP contribution in [0.5, 0.6) is 5.75 Å². The molecule has 1 amide bonds. The van der Waals surface area contributed by atoms with Gasteiger partial charge in [0.2, 0.25) is 0 Å². The van der Waals surface area contributed by atoms with Crippen LogP contribution in [0.3, 0.4) is 0 Å². The standard InChI is InChI=1S/C24H24N2O5/c27-23(28)15-26-13-17(14-26)16-31-22-5-2-1-4-20(22)12-25-24(29)19-9-7-18(8-10-19)21-6-3-11-30-21/h1-11,17H,12-16H2,(H,25,29)(H,27,28). The topological polar surface area (TPSA) is 92.0 Å². The molecule has 0 aliphatic carbocycles. The second-order valence-electron chi connectivity index (χ2n) is 7.61. The van der Waals surface area contributed by atoms with Gasteiger partial charge < -0.3 is 19.6 Å².